The molecule has 1 aliphatic rings. The number of amidine groups is 1. The first-order valence-electron chi connectivity index (χ1n) is 5.68. The Balaban J connectivity index is 0.00000144. The van der Waals surface area contributed by atoms with Crippen LogP contribution in [0.1, 0.15) is 42.3 Å². The summed E-state index contributed by atoms with van der Waals surface area (Å²) in [5, 5.41) is 5.46. The fraction of sp³-hybridized carbons (Fsp3) is 0.462. The first-order valence-corrected chi connectivity index (χ1v) is 6.56. The van der Waals surface area contributed by atoms with Gasteiger partial charge in [0.1, 0.15) is 11.9 Å². The van der Waals surface area contributed by atoms with Crippen molar-refractivity contribution < 1.29 is 0 Å². The molecule has 2 rings (SSSR count). The maximum Gasteiger partial charge on any atom is 0.109 e. The van der Waals surface area contributed by atoms with E-state index < -0.39 is 0 Å². The highest BCUT2D eigenvalue weighted by molar-refractivity contribution is 7.10. The summed E-state index contributed by atoms with van der Waals surface area (Å²) in [6.07, 6.45) is 3.05. The van der Waals surface area contributed by atoms with Gasteiger partial charge in [0.05, 0.1) is 0 Å². The molecule has 0 aliphatic carbocycles. The zero-order valence-electron chi connectivity index (χ0n) is 10.7. The van der Waals surface area contributed by atoms with E-state index in [0.717, 1.165) is 12.3 Å². The van der Waals surface area contributed by atoms with Crippen molar-refractivity contribution >= 4 is 29.6 Å². The summed E-state index contributed by atoms with van der Waals surface area (Å²) < 4.78 is 0. The van der Waals surface area contributed by atoms with Crippen LogP contribution in [-0.2, 0) is 0 Å². The zero-order chi connectivity index (χ0) is 11.7. The first-order chi connectivity index (χ1) is 7.63. The summed E-state index contributed by atoms with van der Waals surface area (Å²) in [5.74, 6) is 1.08. The van der Waals surface area contributed by atoms with Gasteiger partial charge in [-0.05, 0) is 42.9 Å². The highest BCUT2D eigenvalue weighted by Crippen LogP contribution is 2.35. The predicted octanol–water partition coefficient (Wildman–Crippen LogP) is 4.14. The number of rotatable bonds is 2. The van der Waals surface area contributed by atoms with Gasteiger partial charge in [0.25, 0.3) is 0 Å². The van der Waals surface area contributed by atoms with Crippen LogP contribution in [0.3, 0.4) is 0 Å². The largest absolute Gasteiger partial charge is 0.350 e. The molecule has 1 aromatic rings. The van der Waals surface area contributed by atoms with Crippen molar-refractivity contribution in [2.24, 2.45) is 4.99 Å². The smallest absolute Gasteiger partial charge is 0.109 e. The second kappa shape index (κ2) is 5.69. The summed E-state index contributed by atoms with van der Waals surface area (Å²) in [6.45, 7) is 8.63. The van der Waals surface area contributed by atoms with Crippen molar-refractivity contribution in [2.45, 2.75) is 40.2 Å². The topological polar surface area (TPSA) is 24.4 Å². The molecule has 0 saturated heterocycles. The summed E-state index contributed by atoms with van der Waals surface area (Å²) in [4.78, 5) is 6.16. The molecule has 94 valence electrons. The van der Waals surface area contributed by atoms with E-state index >= 15 is 0 Å². The van der Waals surface area contributed by atoms with Gasteiger partial charge in [-0.2, -0.15) is 0 Å². The third kappa shape index (κ3) is 2.72. The van der Waals surface area contributed by atoms with E-state index in [2.05, 4.69) is 44.6 Å². The van der Waals surface area contributed by atoms with Gasteiger partial charge < -0.3 is 5.32 Å². The van der Waals surface area contributed by atoms with E-state index in [1.807, 2.05) is 11.3 Å². The minimum absolute atomic E-state index is 0. The average molecular weight is 271 g/mol. The van der Waals surface area contributed by atoms with Crippen molar-refractivity contribution in [3.05, 3.63) is 33.2 Å². The molecular formula is C13H19ClN2S. The van der Waals surface area contributed by atoms with E-state index in [4.69, 9.17) is 4.99 Å². The molecule has 0 fully saturated rings. The number of thiophene rings is 1. The first kappa shape index (κ1) is 14.3. The van der Waals surface area contributed by atoms with E-state index in [1.54, 1.807) is 0 Å². The molecule has 0 amide bonds. The summed E-state index contributed by atoms with van der Waals surface area (Å²) in [5.41, 5.74) is 4.06. The maximum absolute atomic E-state index is 4.77. The van der Waals surface area contributed by atoms with E-state index in [1.165, 1.54) is 21.6 Å². The Morgan fingerprint density at radius 2 is 2.06 bits per heavy atom. The Morgan fingerprint density at radius 3 is 2.59 bits per heavy atom. The van der Waals surface area contributed by atoms with Crippen molar-refractivity contribution in [3.63, 3.8) is 0 Å². The highest BCUT2D eigenvalue weighted by Gasteiger charge is 2.20. The number of hydrogen-bond donors (Lipinski definition) is 1. The van der Waals surface area contributed by atoms with Gasteiger partial charge in [0, 0.05) is 17.5 Å². The quantitative estimate of drug-likeness (QED) is 0.858. The molecule has 4 heteroatoms. The van der Waals surface area contributed by atoms with Crippen LogP contribution in [0.4, 0.5) is 0 Å². The Labute approximate surface area is 113 Å². The third-order valence-corrected chi connectivity index (χ3v) is 4.34. The molecule has 1 unspecified atom stereocenters. The highest BCUT2D eigenvalue weighted by atomic mass is 35.5. The van der Waals surface area contributed by atoms with Gasteiger partial charge >= 0.3 is 0 Å². The lowest BCUT2D eigenvalue weighted by molar-refractivity contribution is 0.808. The van der Waals surface area contributed by atoms with Crippen molar-refractivity contribution in [2.75, 3.05) is 0 Å². The minimum atomic E-state index is 0. The molecule has 0 saturated carbocycles. The predicted molar refractivity (Wildman–Crippen MR) is 78.4 cm³/mol. The van der Waals surface area contributed by atoms with Crippen LogP contribution in [0, 0.1) is 13.8 Å². The number of aliphatic imine (C=N–C) groups is 1. The number of nitrogens with one attached hydrogen (secondary N) is 1. The minimum Gasteiger partial charge on any atom is -0.350 e. The van der Waals surface area contributed by atoms with E-state index in [-0.39, 0.29) is 18.4 Å². The van der Waals surface area contributed by atoms with Gasteiger partial charge in [0.2, 0.25) is 0 Å². The molecular weight excluding hydrogens is 252 g/mol. The molecule has 0 aromatic carbocycles. The van der Waals surface area contributed by atoms with Crippen molar-refractivity contribution in [1.29, 1.82) is 0 Å². The van der Waals surface area contributed by atoms with Gasteiger partial charge in [0.15, 0.2) is 0 Å². The molecule has 2 heterocycles. The maximum atomic E-state index is 4.77. The van der Waals surface area contributed by atoms with Crippen LogP contribution >= 0.6 is 23.7 Å². The molecule has 2 nitrogen and oxygen atoms in total. The Bertz CT molecular complexity index is 460. The lowest BCUT2D eigenvalue weighted by Gasteiger charge is -2.20. The van der Waals surface area contributed by atoms with Crippen LogP contribution in [0.5, 0.6) is 0 Å². The lowest BCUT2D eigenvalue weighted by atomic mass is 10.0. The average Bonchev–Trinajstić information content (AvgIpc) is 2.61. The van der Waals surface area contributed by atoms with Gasteiger partial charge in [-0.3, -0.25) is 4.99 Å². The van der Waals surface area contributed by atoms with Crippen LogP contribution in [-0.4, -0.2) is 5.84 Å². The van der Waals surface area contributed by atoms with Crippen LogP contribution in [0.2, 0.25) is 0 Å². The number of halogens is 1. The van der Waals surface area contributed by atoms with Crippen LogP contribution in [0.15, 0.2) is 22.1 Å². The second-order valence-corrected chi connectivity index (χ2v) is 5.18. The second-order valence-electron chi connectivity index (χ2n) is 4.27. The third-order valence-electron chi connectivity index (χ3n) is 3.09. The fourth-order valence-corrected chi connectivity index (χ4v) is 3.01. The standard InChI is InChI=1S/C13H18N2S.ClH/c1-5-11-14-6-8(2)12(15-11)13-10(4)9(3)7-16-13;/h6-7,12H,5H2,1-4H3,(H,14,15);1H. The normalized spacial score (nSPS) is 18.9. The Kier molecular flexibility index (Phi) is 4.78. The number of aryl methyl sites for hydroxylation is 1. The van der Waals surface area contributed by atoms with E-state index in [9.17, 15) is 0 Å². The van der Waals surface area contributed by atoms with Gasteiger partial charge in [-0.25, -0.2) is 0 Å². The fourth-order valence-electron chi connectivity index (χ4n) is 1.82. The van der Waals surface area contributed by atoms with Gasteiger partial charge in [-0.1, -0.05) is 6.92 Å². The molecule has 0 spiro atoms. The molecule has 1 aromatic heterocycles. The summed E-state index contributed by atoms with van der Waals surface area (Å²) in [6, 6.07) is 0.231. The molecule has 0 radical (unpaired) electrons. The monoisotopic (exact) mass is 270 g/mol. The molecule has 1 aliphatic heterocycles. The SMILES string of the molecule is CCC1=NC(c2scc(C)c2C)C(C)=CN1.Cl. The molecule has 1 N–H and O–H groups in total. The van der Waals surface area contributed by atoms with Crippen LogP contribution < -0.4 is 5.32 Å². The Morgan fingerprint density at radius 1 is 1.35 bits per heavy atom. The van der Waals surface area contributed by atoms with Gasteiger partial charge in [-0.15, -0.1) is 23.7 Å². The molecule has 17 heavy (non-hydrogen) atoms. The Hall–Kier alpha value is -0.800. The number of nitrogens with zero attached hydrogens (tertiary/aromatic N) is 1. The molecule has 0 bridgehead atoms. The van der Waals surface area contributed by atoms with Crippen LogP contribution in [0.25, 0.3) is 0 Å². The lowest BCUT2D eigenvalue weighted by Crippen LogP contribution is -2.23. The zero-order valence-corrected chi connectivity index (χ0v) is 12.3. The summed E-state index contributed by atoms with van der Waals surface area (Å²) >= 11 is 1.82. The van der Waals surface area contributed by atoms with Crippen molar-refractivity contribution in [1.82, 2.24) is 5.32 Å². The van der Waals surface area contributed by atoms with E-state index in [0.29, 0.717) is 0 Å². The summed E-state index contributed by atoms with van der Waals surface area (Å²) in [7, 11) is 0. The molecule has 1 atom stereocenters. The van der Waals surface area contributed by atoms with Crippen molar-refractivity contribution in [3.8, 4) is 0 Å². The number of hydrogen-bond acceptors (Lipinski definition) is 3.